The third-order valence-electron chi connectivity index (χ3n) is 5.21. The number of amides is 1. The number of rotatable bonds is 9. The van der Waals surface area contributed by atoms with Gasteiger partial charge in [-0.1, -0.05) is 44.2 Å². The molecule has 6 heteroatoms. The lowest BCUT2D eigenvalue weighted by Gasteiger charge is -2.11. The number of hydrogen-bond acceptors (Lipinski definition) is 5. The van der Waals surface area contributed by atoms with Crippen molar-refractivity contribution >= 4 is 28.2 Å². The van der Waals surface area contributed by atoms with E-state index in [9.17, 15) is 9.59 Å². The normalized spacial score (nSPS) is 10.6. The second kappa shape index (κ2) is 11.0. The fourth-order valence-corrected chi connectivity index (χ4v) is 4.14. The minimum Gasteiger partial charge on any atom is -0.484 e. The number of hydrogen-bond donors (Lipinski definition) is 1. The summed E-state index contributed by atoms with van der Waals surface area (Å²) in [5.74, 6) is -0.135. The summed E-state index contributed by atoms with van der Waals surface area (Å²) in [4.78, 5) is 25.4. The molecule has 168 valence electrons. The van der Waals surface area contributed by atoms with Gasteiger partial charge in [-0.15, -0.1) is 11.3 Å². The smallest absolute Gasteiger partial charge is 0.341 e. The molecule has 3 rings (SSSR count). The van der Waals surface area contributed by atoms with Crippen molar-refractivity contribution in [3.8, 4) is 16.9 Å². The Morgan fingerprint density at radius 1 is 1.00 bits per heavy atom. The average Bonchev–Trinajstić information content (AvgIpc) is 3.21. The van der Waals surface area contributed by atoms with E-state index in [2.05, 4.69) is 12.2 Å². The first-order chi connectivity index (χ1) is 15.4. The zero-order valence-corrected chi connectivity index (χ0v) is 19.8. The Kier molecular flexibility index (Phi) is 8.06. The average molecular weight is 452 g/mol. The first-order valence-electron chi connectivity index (χ1n) is 10.8. The number of esters is 1. The molecule has 1 heterocycles. The van der Waals surface area contributed by atoms with Gasteiger partial charge in [0.15, 0.2) is 6.61 Å². The van der Waals surface area contributed by atoms with Gasteiger partial charge in [0.05, 0.1) is 6.61 Å². The highest BCUT2D eigenvalue weighted by Crippen LogP contribution is 2.36. The summed E-state index contributed by atoms with van der Waals surface area (Å²) in [6, 6.07) is 13.8. The molecule has 3 aromatic rings. The summed E-state index contributed by atoms with van der Waals surface area (Å²) >= 11 is 1.31. The van der Waals surface area contributed by atoms with Crippen LogP contribution in [-0.4, -0.2) is 25.1 Å². The number of nitrogens with one attached hydrogen (secondary N) is 1. The second-order valence-electron chi connectivity index (χ2n) is 7.62. The number of carbonyl (C=O) groups is 2. The van der Waals surface area contributed by atoms with Crippen molar-refractivity contribution in [2.75, 3.05) is 18.5 Å². The van der Waals surface area contributed by atoms with E-state index in [4.69, 9.17) is 9.47 Å². The van der Waals surface area contributed by atoms with Crippen molar-refractivity contribution in [3.63, 3.8) is 0 Å². The Hall–Kier alpha value is -3.12. The number of thiophene rings is 1. The second-order valence-corrected chi connectivity index (χ2v) is 8.50. The van der Waals surface area contributed by atoms with Gasteiger partial charge in [-0.3, -0.25) is 4.79 Å². The van der Waals surface area contributed by atoms with Crippen LogP contribution in [0.2, 0.25) is 0 Å². The molecule has 32 heavy (non-hydrogen) atoms. The Morgan fingerprint density at radius 3 is 2.41 bits per heavy atom. The van der Waals surface area contributed by atoms with Crippen LogP contribution in [0, 0.1) is 13.8 Å². The molecule has 0 saturated carbocycles. The van der Waals surface area contributed by atoms with E-state index in [0.717, 1.165) is 35.1 Å². The fourth-order valence-electron chi connectivity index (χ4n) is 3.17. The van der Waals surface area contributed by atoms with Gasteiger partial charge in [0.25, 0.3) is 5.91 Å². The molecule has 2 aromatic carbocycles. The number of carbonyl (C=O) groups excluding carboxylic acids is 2. The van der Waals surface area contributed by atoms with E-state index < -0.39 is 5.97 Å². The van der Waals surface area contributed by atoms with Crippen LogP contribution in [0.3, 0.4) is 0 Å². The Balaban J connectivity index is 1.79. The maximum absolute atomic E-state index is 12.8. The predicted octanol–water partition coefficient (Wildman–Crippen LogP) is 6.18. The molecule has 1 N–H and O–H groups in total. The van der Waals surface area contributed by atoms with E-state index in [1.165, 1.54) is 16.9 Å². The summed E-state index contributed by atoms with van der Waals surface area (Å²) in [5.41, 5.74) is 5.53. The van der Waals surface area contributed by atoms with Gasteiger partial charge >= 0.3 is 5.97 Å². The van der Waals surface area contributed by atoms with Crippen molar-refractivity contribution in [2.24, 2.45) is 0 Å². The standard InChI is InChI=1S/C26H29NO4S/c1-5-13-30-26(29)24-22(20-10-8-19(6-2)9-11-20)16-32-25(24)27-23(28)15-31-21-12-7-17(3)18(4)14-21/h7-12,14,16H,5-6,13,15H2,1-4H3,(H,27,28). The van der Waals surface area contributed by atoms with E-state index in [-0.39, 0.29) is 12.5 Å². The molecule has 0 aliphatic carbocycles. The minimum absolute atomic E-state index is 0.148. The maximum atomic E-state index is 12.8. The van der Waals surface area contributed by atoms with Gasteiger partial charge < -0.3 is 14.8 Å². The van der Waals surface area contributed by atoms with Gasteiger partial charge in [0.2, 0.25) is 0 Å². The van der Waals surface area contributed by atoms with Crippen molar-refractivity contribution in [3.05, 3.63) is 70.1 Å². The van der Waals surface area contributed by atoms with Crippen LogP contribution in [0.15, 0.2) is 47.8 Å². The molecule has 0 radical (unpaired) electrons. The molecular weight excluding hydrogens is 422 g/mol. The summed E-state index contributed by atoms with van der Waals surface area (Å²) < 4.78 is 11.0. The quantitative estimate of drug-likeness (QED) is 0.395. The molecule has 1 amide bonds. The zero-order valence-electron chi connectivity index (χ0n) is 19.0. The highest BCUT2D eigenvalue weighted by atomic mass is 32.1. The van der Waals surface area contributed by atoms with E-state index in [1.54, 1.807) is 0 Å². The monoisotopic (exact) mass is 451 g/mol. The Bertz CT molecular complexity index is 1090. The number of ether oxygens (including phenoxy) is 2. The highest BCUT2D eigenvalue weighted by Gasteiger charge is 2.23. The molecule has 0 spiro atoms. The summed E-state index contributed by atoms with van der Waals surface area (Å²) in [5, 5.41) is 5.18. The van der Waals surface area contributed by atoms with Gasteiger partial charge in [0.1, 0.15) is 16.3 Å². The topological polar surface area (TPSA) is 64.6 Å². The molecule has 0 bridgehead atoms. The van der Waals surface area contributed by atoms with Crippen molar-refractivity contribution in [2.45, 2.75) is 40.5 Å². The van der Waals surface area contributed by atoms with Gasteiger partial charge in [0, 0.05) is 10.9 Å². The SMILES string of the molecule is CCCOC(=O)c1c(-c2ccc(CC)cc2)csc1NC(=O)COc1ccc(C)c(C)c1. The largest absolute Gasteiger partial charge is 0.484 e. The summed E-state index contributed by atoms with van der Waals surface area (Å²) in [6.45, 7) is 8.24. The van der Waals surface area contributed by atoms with Crippen LogP contribution in [0.4, 0.5) is 5.00 Å². The van der Waals surface area contributed by atoms with Crippen LogP contribution in [0.1, 0.15) is 47.3 Å². The van der Waals surface area contributed by atoms with Crippen molar-refractivity contribution < 1.29 is 19.1 Å². The van der Waals surface area contributed by atoms with Gasteiger partial charge in [-0.25, -0.2) is 4.79 Å². The van der Waals surface area contributed by atoms with E-state index in [0.29, 0.717) is 22.9 Å². The first-order valence-corrected chi connectivity index (χ1v) is 11.7. The van der Waals surface area contributed by atoms with Crippen LogP contribution < -0.4 is 10.1 Å². The molecule has 0 aliphatic heterocycles. The van der Waals surface area contributed by atoms with Crippen LogP contribution >= 0.6 is 11.3 Å². The molecule has 0 saturated heterocycles. The predicted molar refractivity (Wildman–Crippen MR) is 130 cm³/mol. The lowest BCUT2D eigenvalue weighted by Crippen LogP contribution is -2.21. The molecule has 0 atom stereocenters. The molecular formula is C26H29NO4S. The molecule has 5 nitrogen and oxygen atoms in total. The van der Waals surface area contributed by atoms with Gasteiger partial charge in [-0.2, -0.15) is 0 Å². The maximum Gasteiger partial charge on any atom is 0.341 e. The lowest BCUT2D eigenvalue weighted by molar-refractivity contribution is -0.118. The molecule has 0 fully saturated rings. The fraction of sp³-hybridized carbons (Fsp3) is 0.308. The number of aryl methyl sites for hydroxylation is 3. The van der Waals surface area contributed by atoms with Crippen LogP contribution in [-0.2, 0) is 16.0 Å². The van der Waals surface area contributed by atoms with Crippen molar-refractivity contribution in [1.82, 2.24) is 0 Å². The van der Waals surface area contributed by atoms with Crippen molar-refractivity contribution in [1.29, 1.82) is 0 Å². The summed E-state index contributed by atoms with van der Waals surface area (Å²) in [6.07, 6.45) is 1.67. The minimum atomic E-state index is -0.437. The Morgan fingerprint density at radius 2 is 1.75 bits per heavy atom. The lowest BCUT2D eigenvalue weighted by atomic mass is 10.0. The Labute approximate surface area is 193 Å². The third kappa shape index (κ3) is 5.77. The van der Waals surface area contributed by atoms with E-state index in [1.807, 2.05) is 68.6 Å². The van der Waals surface area contributed by atoms with Crippen LogP contribution in [0.5, 0.6) is 5.75 Å². The number of anilines is 1. The highest BCUT2D eigenvalue weighted by molar-refractivity contribution is 7.15. The number of benzene rings is 2. The summed E-state index contributed by atoms with van der Waals surface area (Å²) in [7, 11) is 0. The molecule has 1 aromatic heterocycles. The first kappa shape index (κ1) is 23.5. The van der Waals surface area contributed by atoms with Gasteiger partial charge in [-0.05, 0) is 61.1 Å². The van der Waals surface area contributed by atoms with E-state index >= 15 is 0 Å². The third-order valence-corrected chi connectivity index (χ3v) is 6.10. The van der Waals surface area contributed by atoms with Crippen LogP contribution in [0.25, 0.3) is 11.1 Å². The zero-order chi connectivity index (χ0) is 23.1. The molecule has 0 aliphatic rings. The molecule has 0 unspecified atom stereocenters.